The van der Waals surface area contributed by atoms with Crippen molar-refractivity contribution in [2.45, 2.75) is 25.4 Å². The van der Waals surface area contributed by atoms with Crippen LogP contribution in [0, 0.1) is 5.92 Å². The van der Waals surface area contributed by atoms with Gasteiger partial charge in [-0.05, 0) is 36.3 Å². The van der Waals surface area contributed by atoms with Gasteiger partial charge in [-0.25, -0.2) is 0 Å². The van der Waals surface area contributed by atoms with Crippen molar-refractivity contribution in [1.29, 1.82) is 0 Å². The number of aliphatic hydroxyl groups excluding tert-OH is 1. The van der Waals surface area contributed by atoms with E-state index in [0.29, 0.717) is 39.0 Å². The van der Waals surface area contributed by atoms with E-state index in [9.17, 15) is 5.11 Å². The van der Waals surface area contributed by atoms with Crippen molar-refractivity contribution in [2.75, 3.05) is 40.1 Å². The normalized spacial score (nSPS) is 21.2. The number of aryl methyl sites for hydroxylation is 1. The lowest BCUT2D eigenvalue weighted by Gasteiger charge is -2.30. The molecule has 4 heteroatoms. The van der Waals surface area contributed by atoms with Gasteiger partial charge in [0.1, 0.15) is 0 Å². The van der Waals surface area contributed by atoms with Crippen LogP contribution in [0.2, 0.25) is 0 Å². The smallest absolute Gasteiger partial charge is 0.0821 e. The predicted octanol–water partition coefficient (Wildman–Crippen LogP) is 2.35. The number of fused-ring (bicyclic) bond motifs is 1. The Morgan fingerprint density at radius 2 is 1.76 bits per heavy atom. The van der Waals surface area contributed by atoms with Gasteiger partial charge in [0, 0.05) is 13.7 Å². The van der Waals surface area contributed by atoms with E-state index in [2.05, 4.69) is 6.07 Å². The molecule has 2 unspecified atom stereocenters. The molecule has 2 rings (SSSR count). The molecular formula is C17H26O4. The second-order valence-electron chi connectivity index (χ2n) is 5.45. The lowest BCUT2D eigenvalue weighted by Crippen LogP contribution is -2.22. The summed E-state index contributed by atoms with van der Waals surface area (Å²) >= 11 is 0. The van der Waals surface area contributed by atoms with Gasteiger partial charge in [0.2, 0.25) is 0 Å². The molecule has 0 radical (unpaired) electrons. The summed E-state index contributed by atoms with van der Waals surface area (Å²) in [4.78, 5) is 0. The van der Waals surface area contributed by atoms with Gasteiger partial charge in [-0.3, -0.25) is 0 Å². The molecule has 1 N–H and O–H groups in total. The Morgan fingerprint density at radius 1 is 1.05 bits per heavy atom. The van der Waals surface area contributed by atoms with Crippen LogP contribution in [0.25, 0.3) is 0 Å². The summed E-state index contributed by atoms with van der Waals surface area (Å²) in [6.45, 7) is 3.10. The molecule has 0 saturated heterocycles. The Hall–Kier alpha value is -0.940. The minimum absolute atomic E-state index is 0.300. The van der Waals surface area contributed by atoms with Gasteiger partial charge in [-0.15, -0.1) is 0 Å². The van der Waals surface area contributed by atoms with Crippen LogP contribution in [0.4, 0.5) is 0 Å². The van der Waals surface area contributed by atoms with Crippen molar-refractivity contribution in [2.24, 2.45) is 5.92 Å². The average Bonchev–Trinajstić information content (AvgIpc) is 2.52. The van der Waals surface area contributed by atoms with E-state index in [4.69, 9.17) is 14.2 Å². The van der Waals surface area contributed by atoms with E-state index in [1.807, 2.05) is 18.2 Å². The number of ether oxygens (including phenoxy) is 3. The highest BCUT2D eigenvalue weighted by Crippen LogP contribution is 2.35. The summed E-state index contributed by atoms with van der Waals surface area (Å²) in [6, 6.07) is 8.19. The Labute approximate surface area is 127 Å². The van der Waals surface area contributed by atoms with Crippen LogP contribution in [0.3, 0.4) is 0 Å². The largest absolute Gasteiger partial charge is 0.388 e. The maximum absolute atomic E-state index is 10.4. The summed E-state index contributed by atoms with van der Waals surface area (Å²) in [5.74, 6) is 0.300. The van der Waals surface area contributed by atoms with Crippen LogP contribution >= 0.6 is 0 Å². The highest BCUT2D eigenvalue weighted by Gasteiger charge is 2.27. The predicted molar refractivity (Wildman–Crippen MR) is 81.3 cm³/mol. The minimum atomic E-state index is -0.350. The van der Waals surface area contributed by atoms with Gasteiger partial charge in [0.05, 0.1) is 32.5 Å². The van der Waals surface area contributed by atoms with Crippen LogP contribution in [-0.2, 0) is 20.6 Å². The molecule has 0 amide bonds. The lowest BCUT2D eigenvalue weighted by atomic mass is 9.80. The van der Waals surface area contributed by atoms with Gasteiger partial charge < -0.3 is 19.3 Å². The van der Waals surface area contributed by atoms with Crippen molar-refractivity contribution >= 4 is 0 Å². The Morgan fingerprint density at radius 3 is 2.57 bits per heavy atom. The number of rotatable bonds is 9. The average molecular weight is 294 g/mol. The minimum Gasteiger partial charge on any atom is -0.388 e. The fourth-order valence-electron chi connectivity index (χ4n) is 2.80. The maximum Gasteiger partial charge on any atom is 0.0821 e. The van der Waals surface area contributed by atoms with Crippen LogP contribution in [0.5, 0.6) is 0 Å². The maximum atomic E-state index is 10.4. The molecule has 118 valence electrons. The van der Waals surface area contributed by atoms with Crippen molar-refractivity contribution in [3.05, 3.63) is 35.4 Å². The molecule has 21 heavy (non-hydrogen) atoms. The Bertz CT molecular complexity index is 408. The summed E-state index contributed by atoms with van der Waals surface area (Å²) in [5, 5.41) is 10.4. The zero-order valence-corrected chi connectivity index (χ0v) is 12.8. The first-order valence-corrected chi connectivity index (χ1v) is 7.73. The molecule has 0 aliphatic heterocycles. The molecule has 0 spiro atoms. The van der Waals surface area contributed by atoms with Gasteiger partial charge in [-0.1, -0.05) is 24.3 Å². The van der Waals surface area contributed by atoms with Gasteiger partial charge in [0.15, 0.2) is 0 Å². The number of hydrogen-bond donors (Lipinski definition) is 1. The third kappa shape index (κ3) is 5.08. The molecule has 1 aromatic rings. The summed E-state index contributed by atoms with van der Waals surface area (Å²) in [5.41, 5.74) is 2.38. The second kappa shape index (κ2) is 9.15. The molecule has 0 saturated carbocycles. The molecule has 0 bridgehead atoms. The van der Waals surface area contributed by atoms with Gasteiger partial charge >= 0.3 is 0 Å². The van der Waals surface area contributed by atoms with Crippen LogP contribution in [0.1, 0.15) is 30.1 Å². The van der Waals surface area contributed by atoms with Crippen LogP contribution in [-0.4, -0.2) is 45.3 Å². The number of benzene rings is 1. The molecule has 1 aliphatic carbocycles. The molecule has 2 atom stereocenters. The van der Waals surface area contributed by atoms with Crippen LogP contribution < -0.4 is 0 Å². The second-order valence-corrected chi connectivity index (χ2v) is 5.45. The number of aliphatic hydroxyl groups is 1. The van der Waals surface area contributed by atoms with Crippen molar-refractivity contribution in [1.82, 2.24) is 0 Å². The van der Waals surface area contributed by atoms with Crippen LogP contribution in [0.15, 0.2) is 24.3 Å². The summed E-state index contributed by atoms with van der Waals surface area (Å²) in [6.07, 6.45) is 2.63. The first-order valence-electron chi connectivity index (χ1n) is 7.73. The fraction of sp³-hybridized carbons (Fsp3) is 0.647. The summed E-state index contributed by atoms with van der Waals surface area (Å²) in [7, 11) is 1.66. The molecule has 0 fully saturated rings. The summed E-state index contributed by atoms with van der Waals surface area (Å²) < 4.78 is 15.8. The zero-order valence-electron chi connectivity index (χ0n) is 12.8. The van der Waals surface area contributed by atoms with E-state index in [1.165, 1.54) is 5.56 Å². The molecule has 0 heterocycles. The van der Waals surface area contributed by atoms with Gasteiger partial charge in [-0.2, -0.15) is 0 Å². The van der Waals surface area contributed by atoms with Crippen molar-refractivity contribution < 1.29 is 19.3 Å². The van der Waals surface area contributed by atoms with E-state index < -0.39 is 0 Å². The molecule has 1 aromatic carbocycles. The Balaban J connectivity index is 1.62. The third-order valence-electron chi connectivity index (χ3n) is 4.04. The monoisotopic (exact) mass is 294 g/mol. The Kier molecular flexibility index (Phi) is 7.16. The first-order chi connectivity index (χ1) is 10.3. The zero-order chi connectivity index (χ0) is 14.9. The standard InChI is InChI=1S/C17H26O4/c1-19-10-11-21-13-12-20-9-8-15-7-6-14-4-2-3-5-16(14)17(15)18/h2-5,15,17-18H,6-13H2,1H3. The molecule has 0 aromatic heterocycles. The van der Waals surface area contributed by atoms with Crippen molar-refractivity contribution in [3.8, 4) is 0 Å². The van der Waals surface area contributed by atoms with Gasteiger partial charge in [0.25, 0.3) is 0 Å². The molecular weight excluding hydrogens is 268 g/mol. The number of hydrogen-bond acceptors (Lipinski definition) is 4. The van der Waals surface area contributed by atoms with E-state index in [-0.39, 0.29) is 6.10 Å². The quantitative estimate of drug-likeness (QED) is 0.710. The third-order valence-corrected chi connectivity index (χ3v) is 4.04. The molecule has 1 aliphatic rings. The van der Waals surface area contributed by atoms with Crippen molar-refractivity contribution in [3.63, 3.8) is 0 Å². The lowest BCUT2D eigenvalue weighted by molar-refractivity contribution is 0.0124. The highest BCUT2D eigenvalue weighted by atomic mass is 16.5. The van der Waals surface area contributed by atoms with E-state index in [0.717, 1.165) is 24.8 Å². The number of methoxy groups -OCH3 is 1. The van der Waals surface area contributed by atoms with E-state index in [1.54, 1.807) is 7.11 Å². The van der Waals surface area contributed by atoms with E-state index >= 15 is 0 Å². The first kappa shape index (κ1) is 16.4. The topological polar surface area (TPSA) is 47.9 Å². The molecule has 4 nitrogen and oxygen atoms in total. The SMILES string of the molecule is COCCOCCOCCC1CCc2ccccc2C1O. The fourth-order valence-corrected chi connectivity index (χ4v) is 2.80. The highest BCUT2D eigenvalue weighted by molar-refractivity contribution is 5.31.